The minimum absolute atomic E-state index is 0.00798. The summed E-state index contributed by atoms with van der Waals surface area (Å²) in [5.74, 6) is 4.81. The van der Waals surface area contributed by atoms with Gasteiger partial charge in [-0.25, -0.2) is 10.8 Å². The summed E-state index contributed by atoms with van der Waals surface area (Å²) in [6, 6.07) is 0. The normalized spacial score (nSPS) is 10.8. The molecule has 2 rings (SSSR count). The van der Waals surface area contributed by atoms with Gasteiger partial charge in [-0.1, -0.05) is 0 Å². The molecule has 0 spiro atoms. The zero-order valence-corrected chi connectivity index (χ0v) is 11.5. The van der Waals surface area contributed by atoms with E-state index in [0.717, 1.165) is 17.5 Å². The maximum atomic E-state index is 12.2. The number of rotatable bonds is 5. The van der Waals surface area contributed by atoms with E-state index in [1.165, 1.54) is 11.3 Å². The van der Waals surface area contributed by atoms with Crippen LogP contribution in [0.25, 0.3) is 10.2 Å². The molecule has 0 atom stereocenters. The third-order valence-electron chi connectivity index (χ3n) is 2.94. The van der Waals surface area contributed by atoms with Crippen LogP contribution in [0.3, 0.4) is 0 Å². The fourth-order valence-electron chi connectivity index (χ4n) is 1.86. The summed E-state index contributed by atoms with van der Waals surface area (Å²) in [6.07, 6.45) is 3.38. The van der Waals surface area contributed by atoms with Crippen LogP contribution in [0.4, 0.5) is 0 Å². The highest BCUT2D eigenvalue weighted by Gasteiger charge is 2.08. The molecule has 102 valence electrons. The summed E-state index contributed by atoms with van der Waals surface area (Å²) in [7, 11) is 0. The van der Waals surface area contributed by atoms with Gasteiger partial charge in [-0.05, 0) is 30.7 Å². The van der Waals surface area contributed by atoms with Crippen molar-refractivity contribution < 1.29 is 4.79 Å². The van der Waals surface area contributed by atoms with Crippen molar-refractivity contribution in [2.75, 3.05) is 0 Å². The number of nitrogens with two attached hydrogens (primary N) is 1. The first kappa shape index (κ1) is 13.7. The van der Waals surface area contributed by atoms with Crippen molar-refractivity contribution >= 4 is 27.5 Å². The summed E-state index contributed by atoms with van der Waals surface area (Å²) >= 11 is 1.43. The number of aromatic nitrogens is 2. The lowest BCUT2D eigenvalue weighted by atomic mass is 10.2. The second-order valence-electron chi connectivity index (χ2n) is 4.36. The number of nitrogens with one attached hydrogen (secondary N) is 1. The molecule has 0 aliphatic rings. The van der Waals surface area contributed by atoms with E-state index in [2.05, 4.69) is 10.4 Å². The summed E-state index contributed by atoms with van der Waals surface area (Å²) in [5.41, 5.74) is 3.89. The first-order valence-electron chi connectivity index (χ1n) is 6.06. The number of fused-ring (bicyclic) bond motifs is 1. The number of nitrogens with zero attached hydrogens (tertiary/aromatic N) is 2. The number of carbonyl (C=O) groups is 1. The number of aryl methyl sites for hydroxylation is 2. The van der Waals surface area contributed by atoms with Gasteiger partial charge in [0.25, 0.3) is 5.56 Å². The molecule has 0 radical (unpaired) electrons. The van der Waals surface area contributed by atoms with E-state index in [1.807, 2.05) is 12.3 Å². The van der Waals surface area contributed by atoms with Crippen LogP contribution in [0.15, 0.2) is 16.5 Å². The molecule has 0 aromatic carbocycles. The number of amides is 1. The van der Waals surface area contributed by atoms with E-state index >= 15 is 0 Å². The Morgan fingerprint density at radius 3 is 3.05 bits per heavy atom. The Kier molecular flexibility index (Phi) is 4.28. The molecule has 19 heavy (non-hydrogen) atoms. The molecular weight excluding hydrogens is 264 g/mol. The molecule has 0 fully saturated rings. The molecule has 1 amide bonds. The van der Waals surface area contributed by atoms with Crippen molar-refractivity contribution in [3.05, 3.63) is 27.6 Å². The lowest BCUT2D eigenvalue weighted by Crippen LogP contribution is -2.29. The van der Waals surface area contributed by atoms with E-state index in [1.54, 1.807) is 10.9 Å². The Morgan fingerprint density at radius 1 is 1.53 bits per heavy atom. The van der Waals surface area contributed by atoms with Gasteiger partial charge in [0.2, 0.25) is 5.91 Å². The van der Waals surface area contributed by atoms with Gasteiger partial charge >= 0.3 is 0 Å². The molecule has 2 heterocycles. The number of hydrogen-bond acceptors (Lipinski definition) is 5. The van der Waals surface area contributed by atoms with Gasteiger partial charge in [0, 0.05) is 13.0 Å². The van der Waals surface area contributed by atoms with E-state index in [4.69, 9.17) is 5.84 Å². The lowest BCUT2D eigenvalue weighted by Gasteiger charge is -2.05. The van der Waals surface area contributed by atoms with Crippen LogP contribution in [0.1, 0.15) is 24.8 Å². The number of carbonyl (C=O) groups excluding carboxylic acids is 1. The van der Waals surface area contributed by atoms with E-state index in [0.29, 0.717) is 24.1 Å². The molecular formula is C12H16N4O2S. The third kappa shape index (κ3) is 2.99. The largest absolute Gasteiger partial charge is 0.298 e. The van der Waals surface area contributed by atoms with Gasteiger partial charge in [0.05, 0.1) is 11.8 Å². The highest BCUT2D eigenvalue weighted by Crippen LogP contribution is 2.19. The highest BCUT2D eigenvalue weighted by atomic mass is 32.1. The molecule has 0 saturated heterocycles. The van der Waals surface area contributed by atoms with Gasteiger partial charge in [-0.15, -0.1) is 11.3 Å². The van der Waals surface area contributed by atoms with Gasteiger partial charge < -0.3 is 0 Å². The maximum Gasteiger partial charge on any atom is 0.271 e. The van der Waals surface area contributed by atoms with Crippen molar-refractivity contribution in [2.24, 2.45) is 5.84 Å². The predicted molar refractivity (Wildman–Crippen MR) is 74.8 cm³/mol. The minimum Gasteiger partial charge on any atom is -0.298 e. The quantitative estimate of drug-likeness (QED) is 0.369. The van der Waals surface area contributed by atoms with E-state index in [-0.39, 0.29) is 11.5 Å². The second-order valence-corrected chi connectivity index (χ2v) is 5.24. The van der Waals surface area contributed by atoms with Crippen molar-refractivity contribution in [3.63, 3.8) is 0 Å². The average molecular weight is 280 g/mol. The molecule has 0 aliphatic carbocycles. The smallest absolute Gasteiger partial charge is 0.271 e. The van der Waals surface area contributed by atoms with E-state index < -0.39 is 0 Å². The van der Waals surface area contributed by atoms with Crippen LogP contribution >= 0.6 is 11.3 Å². The molecule has 7 heteroatoms. The van der Waals surface area contributed by atoms with Gasteiger partial charge in [-0.2, -0.15) is 0 Å². The van der Waals surface area contributed by atoms with Gasteiger partial charge in [0.15, 0.2) is 0 Å². The second kappa shape index (κ2) is 5.94. The Labute approximate surface area is 114 Å². The Bertz CT molecular complexity index is 647. The number of hydrazine groups is 1. The monoisotopic (exact) mass is 280 g/mol. The van der Waals surface area contributed by atoms with Gasteiger partial charge in [-0.3, -0.25) is 19.6 Å². The van der Waals surface area contributed by atoms with Gasteiger partial charge in [0.1, 0.15) is 4.70 Å². The fourth-order valence-corrected chi connectivity index (χ4v) is 2.81. The highest BCUT2D eigenvalue weighted by molar-refractivity contribution is 7.17. The molecule has 0 bridgehead atoms. The summed E-state index contributed by atoms with van der Waals surface area (Å²) < 4.78 is 2.29. The molecule has 3 N–H and O–H groups in total. The Hall–Kier alpha value is -1.73. The Morgan fingerprint density at radius 2 is 2.32 bits per heavy atom. The maximum absolute atomic E-state index is 12.2. The SMILES string of the molecule is Cc1csc2c(=O)n(CCCCC(=O)NN)cnc12. The van der Waals surface area contributed by atoms with E-state index in [9.17, 15) is 9.59 Å². The van der Waals surface area contributed by atoms with Crippen LogP contribution < -0.4 is 16.8 Å². The number of hydrogen-bond donors (Lipinski definition) is 2. The van der Waals surface area contributed by atoms with Crippen molar-refractivity contribution in [3.8, 4) is 0 Å². The van der Waals surface area contributed by atoms with Crippen LogP contribution in [0.5, 0.6) is 0 Å². The lowest BCUT2D eigenvalue weighted by molar-refractivity contribution is -0.121. The molecule has 2 aromatic heterocycles. The summed E-state index contributed by atoms with van der Waals surface area (Å²) in [6.45, 7) is 2.51. The molecule has 0 aliphatic heterocycles. The first-order chi connectivity index (χ1) is 9.13. The van der Waals surface area contributed by atoms with Crippen LogP contribution in [0.2, 0.25) is 0 Å². The third-order valence-corrected chi connectivity index (χ3v) is 4.01. The summed E-state index contributed by atoms with van der Waals surface area (Å²) in [5, 5.41) is 1.94. The van der Waals surface area contributed by atoms with Crippen LogP contribution in [-0.2, 0) is 11.3 Å². The summed E-state index contributed by atoms with van der Waals surface area (Å²) in [4.78, 5) is 27.4. The van der Waals surface area contributed by atoms with Crippen molar-refractivity contribution in [2.45, 2.75) is 32.7 Å². The predicted octanol–water partition coefficient (Wildman–Crippen LogP) is 0.927. The van der Waals surface area contributed by atoms with Crippen LogP contribution in [-0.4, -0.2) is 15.5 Å². The van der Waals surface area contributed by atoms with Crippen molar-refractivity contribution in [1.29, 1.82) is 0 Å². The molecule has 0 saturated carbocycles. The molecule has 0 unspecified atom stereocenters. The average Bonchev–Trinajstić information content (AvgIpc) is 2.79. The van der Waals surface area contributed by atoms with Crippen LogP contribution in [0, 0.1) is 6.92 Å². The standard InChI is InChI=1S/C12H16N4O2S/c1-8-6-19-11-10(8)14-7-16(12(11)18)5-3-2-4-9(17)15-13/h6-7H,2-5,13H2,1H3,(H,15,17). The molecule has 6 nitrogen and oxygen atoms in total. The van der Waals surface area contributed by atoms with Crippen molar-refractivity contribution in [1.82, 2.24) is 15.0 Å². The number of thiophene rings is 1. The minimum atomic E-state index is -0.185. The zero-order chi connectivity index (χ0) is 13.8. The topological polar surface area (TPSA) is 90.0 Å². The fraction of sp³-hybridized carbons (Fsp3) is 0.417. The zero-order valence-electron chi connectivity index (χ0n) is 10.7. The Balaban J connectivity index is 2.03. The molecule has 2 aromatic rings. The number of unbranched alkanes of at least 4 members (excludes halogenated alkanes) is 1. The first-order valence-corrected chi connectivity index (χ1v) is 6.94.